The van der Waals surface area contributed by atoms with E-state index in [0.29, 0.717) is 30.5 Å². The smallest absolute Gasteiger partial charge is 0.327 e. The fraction of sp³-hybridized carbons (Fsp3) is 0.556. The van der Waals surface area contributed by atoms with E-state index in [-0.39, 0.29) is 6.03 Å². The lowest BCUT2D eigenvalue weighted by atomic mass is 10.3. The van der Waals surface area contributed by atoms with Gasteiger partial charge in [-0.25, -0.2) is 9.59 Å². The van der Waals surface area contributed by atoms with Crippen LogP contribution < -0.4 is 5.32 Å². The quantitative estimate of drug-likeness (QED) is 0.780. The molecule has 1 saturated heterocycles. The van der Waals surface area contributed by atoms with Crippen molar-refractivity contribution in [3.05, 3.63) is 12.2 Å². The third-order valence-corrected chi connectivity index (χ3v) is 3.46. The van der Waals surface area contributed by atoms with Crippen LogP contribution >= 0.6 is 11.8 Å². The molecule has 0 bridgehead atoms. The van der Waals surface area contributed by atoms with E-state index in [1.807, 2.05) is 0 Å². The summed E-state index contributed by atoms with van der Waals surface area (Å²) >= 11 is 1.42. The largest absolute Gasteiger partial charge is 0.480 e. The van der Waals surface area contributed by atoms with Gasteiger partial charge in [-0.1, -0.05) is 5.16 Å². The van der Waals surface area contributed by atoms with Gasteiger partial charge < -0.3 is 19.8 Å². The first-order chi connectivity index (χ1) is 8.68. The Bertz CT molecular complexity index is 424. The van der Waals surface area contributed by atoms with E-state index >= 15 is 0 Å². The molecule has 1 aromatic heterocycles. The highest BCUT2D eigenvalue weighted by atomic mass is 32.2. The van der Waals surface area contributed by atoms with Crippen molar-refractivity contribution >= 4 is 23.8 Å². The zero-order chi connectivity index (χ0) is 13.0. The fourth-order valence-electron chi connectivity index (χ4n) is 1.53. The Morgan fingerprint density at radius 1 is 1.67 bits per heavy atom. The number of urea groups is 1. The number of carbonyl (C=O) groups is 2. The number of aromatic nitrogens is 2. The summed E-state index contributed by atoms with van der Waals surface area (Å²) in [6.45, 7) is 0.328. The van der Waals surface area contributed by atoms with Crippen molar-refractivity contribution in [3.63, 3.8) is 0 Å². The number of thioether (sulfide) groups is 1. The van der Waals surface area contributed by atoms with Gasteiger partial charge in [-0.15, -0.1) is 11.8 Å². The molecule has 0 unspecified atom stereocenters. The second-order valence-corrected chi connectivity index (χ2v) is 4.64. The van der Waals surface area contributed by atoms with Crippen molar-refractivity contribution in [2.24, 2.45) is 0 Å². The van der Waals surface area contributed by atoms with Crippen LogP contribution in [-0.2, 0) is 11.2 Å². The highest BCUT2D eigenvalue weighted by Crippen LogP contribution is 2.20. The van der Waals surface area contributed by atoms with Crippen LogP contribution in [-0.4, -0.2) is 56.4 Å². The first kappa shape index (κ1) is 12.7. The summed E-state index contributed by atoms with van der Waals surface area (Å²) in [5, 5.41) is 15.0. The summed E-state index contributed by atoms with van der Waals surface area (Å²) in [5.74, 6) is 0.267. The fourth-order valence-corrected chi connectivity index (χ4v) is 2.68. The molecule has 98 valence electrons. The molecule has 1 aliphatic rings. The SMILES string of the molecule is O=C(O)[C@@H]1CSCN1C(=O)NCCc1ncno1. The summed E-state index contributed by atoms with van der Waals surface area (Å²) in [5.41, 5.74) is 0. The van der Waals surface area contributed by atoms with E-state index in [1.54, 1.807) is 0 Å². The lowest BCUT2D eigenvalue weighted by molar-refractivity contribution is -0.140. The van der Waals surface area contributed by atoms with Gasteiger partial charge in [0.15, 0.2) is 6.33 Å². The monoisotopic (exact) mass is 272 g/mol. The summed E-state index contributed by atoms with van der Waals surface area (Å²) in [6.07, 6.45) is 1.71. The molecule has 1 aromatic rings. The Morgan fingerprint density at radius 2 is 2.50 bits per heavy atom. The third-order valence-electron chi connectivity index (χ3n) is 2.45. The number of aliphatic carboxylic acids is 1. The first-order valence-corrected chi connectivity index (χ1v) is 6.44. The average molecular weight is 272 g/mol. The lowest BCUT2D eigenvalue weighted by Crippen LogP contribution is -2.47. The predicted molar refractivity (Wildman–Crippen MR) is 62.0 cm³/mol. The molecule has 0 aliphatic carbocycles. The second kappa shape index (κ2) is 5.71. The Morgan fingerprint density at radius 3 is 3.17 bits per heavy atom. The van der Waals surface area contributed by atoms with Crippen LogP contribution in [0.2, 0.25) is 0 Å². The van der Waals surface area contributed by atoms with Gasteiger partial charge in [-0.2, -0.15) is 4.98 Å². The molecule has 2 rings (SSSR count). The minimum Gasteiger partial charge on any atom is -0.480 e. The molecule has 2 heterocycles. The highest BCUT2D eigenvalue weighted by molar-refractivity contribution is 7.99. The summed E-state index contributed by atoms with van der Waals surface area (Å²) in [4.78, 5) is 27.8. The van der Waals surface area contributed by atoms with Crippen molar-refractivity contribution in [2.75, 3.05) is 18.2 Å². The predicted octanol–water partition coefficient (Wildman–Crippen LogP) is -0.219. The maximum atomic E-state index is 11.8. The lowest BCUT2D eigenvalue weighted by Gasteiger charge is -2.20. The van der Waals surface area contributed by atoms with Gasteiger partial charge in [-0.05, 0) is 0 Å². The number of hydrogen-bond donors (Lipinski definition) is 2. The number of amides is 2. The van der Waals surface area contributed by atoms with E-state index in [0.717, 1.165) is 0 Å². The maximum Gasteiger partial charge on any atom is 0.327 e. The first-order valence-electron chi connectivity index (χ1n) is 5.29. The zero-order valence-corrected chi connectivity index (χ0v) is 10.2. The molecule has 18 heavy (non-hydrogen) atoms. The van der Waals surface area contributed by atoms with Gasteiger partial charge >= 0.3 is 12.0 Å². The van der Waals surface area contributed by atoms with E-state index in [9.17, 15) is 9.59 Å². The van der Waals surface area contributed by atoms with Crippen LogP contribution in [0, 0.1) is 0 Å². The molecule has 9 heteroatoms. The number of carboxylic acids is 1. The third kappa shape index (κ3) is 2.92. The molecule has 1 atom stereocenters. The van der Waals surface area contributed by atoms with Gasteiger partial charge in [0, 0.05) is 18.7 Å². The van der Waals surface area contributed by atoms with Crippen LogP contribution in [0.1, 0.15) is 5.89 Å². The minimum absolute atomic E-state index is 0.328. The molecule has 1 fully saturated rings. The Kier molecular flexibility index (Phi) is 4.03. The Labute approximate surface area is 107 Å². The molecule has 2 N–H and O–H groups in total. The summed E-state index contributed by atoms with van der Waals surface area (Å²) in [7, 11) is 0. The molecule has 8 nitrogen and oxygen atoms in total. The molecule has 0 saturated carbocycles. The van der Waals surface area contributed by atoms with Crippen LogP contribution in [0.5, 0.6) is 0 Å². The van der Waals surface area contributed by atoms with Crippen LogP contribution in [0.15, 0.2) is 10.9 Å². The van der Waals surface area contributed by atoms with Crippen LogP contribution in [0.25, 0.3) is 0 Å². The van der Waals surface area contributed by atoms with Crippen molar-refractivity contribution in [1.82, 2.24) is 20.4 Å². The van der Waals surface area contributed by atoms with E-state index in [1.165, 1.54) is 23.0 Å². The summed E-state index contributed by atoms with van der Waals surface area (Å²) < 4.78 is 4.78. The molecule has 1 aliphatic heterocycles. The molecule has 0 radical (unpaired) electrons. The normalized spacial score (nSPS) is 18.9. The Balaban J connectivity index is 1.79. The molecular formula is C9H12N4O4S. The molecular weight excluding hydrogens is 260 g/mol. The van der Waals surface area contributed by atoms with Crippen molar-refractivity contribution in [1.29, 1.82) is 0 Å². The van der Waals surface area contributed by atoms with Gasteiger partial charge in [0.1, 0.15) is 6.04 Å². The van der Waals surface area contributed by atoms with Gasteiger partial charge in [0.2, 0.25) is 5.89 Å². The van der Waals surface area contributed by atoms with Gasteiger partial charge in [0.25, 0.3) is 0 Å². The van der Waals surface area contributed by atoms with Crippen LogP contribution in [0.4, 0.5) is 4.79 Å². The van der Waals surface area contributed by atoms with Crippen LogP contribution in [0.3, 0.4) is 0 Å². The van der Waals surface area contributed by atoms with E-state index in [4.69, 9.17) is 9.63 Å². The summed E-state index contributed by atoms with van der Waals surface area (Å²) in [6, 6.07) is -1.13. The maximum absolute atomic E-state index is 11.8. The molecule has 0 spiro atoms. The number of carbonyl (C=O) groups excluding carboxylic acids is 1. The molecule has 0 aromatic carbocycles. The van der Waals surface area contributed by atoms with E-state index in [2.05, 4.69) is 15.5 Å². The highest BCUT2D eigenvalue weighted by Gasteiger charge is 2.34. The number of nitrogens with one attached hydrogen (secondary N) is 1. The zero-order valence-electron chi connectivity index (χ0n) is 9.40. The topological polar surface area (TPSA) is 109 Å². The number of rotatable bonds is 4. The minimum atomic E-state index is -0.980. The van der Waals surface area contributed by atoms with Crippen molar-refractivity contribution < 1.29 is 19.2 Å². The van der Waals surface area contributed by atoms with Gasteiger partial charge in [0.05, 0.1) is 5.88 Å². The number of nitrogens with zero attached hydrogens (tertiary/aromatic N) is 3. The number of carboxylic acid groups (broad SMARTS) is 1. The average Bonchev–Trinajstić information content (AvgIpc) is 2.99. The van der Waals surface area contributed by atoms with Crippen molar-refractivity contribution in [3.8, 4) is 0 Å². The van der Waals surface area contributed by atoms with Gasteiger partial charge in [-0.3, -0.25) is 0 Å². The molecule has 2 amide bonds. The Hall–Kier alpha value is -1.77. The van der Waals surface area contributed by atoms with E-state index < -0.39 is 12.0 Å². The number of hydrogen-bond acceptors (Lipinski definition) is 6. The second-order valence-electron chi connectivity index (χ2n) is 3.64. The van der Waals surface area contributed by atoms with Crippen molar-refractivity contribution in [2.45, 2.75) is 12.5 Å². The standard InChI is InChI=1S/C9H12N4O4S/c14-8(15)6-3-18-5-13(6)9(16)10-2-1-7-11-4-12-17-7/h4,6H,1-3,5H2,(H,10,16)(H,14,15)/t6-/m0/s1.